The molecule has 0 aromatic heterocycles. The molecule has 0 saturated heterocycles. The molecule has 5 heteroatoms. The third-order valence-electron chi connectivity index (χ3n) is 2.52. The van der Waals surface area contributed by atoms with Crippen molar-refractivity contribution in [3.05, 3.63) is 0 Å². The lowest BCUT2D eigenvalue weighted by Gasteiger charge is -2.21. The number of ether oxygens (including phenoxy) is 3. The molecule has 0 amide bonds. The van der Waals surface area contributed by atoms with E-state index in [9.17, 15) is 0 Å². The molecule has 104 valence electrons. The molecular formula is C12H28N2O3. The Morgan fingerprint density at radius 2 is 1.47 bits per heavy atom. The minimum Gasteiger partial charge on any atom is -0.385 e. The second-order valence-electron chi connectivity index (χ2n) is 3.92. The van der Waals surface area contributed by atoms with Gasteiger partial charge in [-0.05, 0) is 6.42 Å². The summed E-state index contributed by atoms with van der Waals surface area (Å²) < 4.78 is 15.2. The van der Waals surface area contributed by atoms with Gasteiger partial charge < -0.3 is 19.5 Å². The van der Waals surface area contributed by atoms with Gasteiger partial charge in [-0.15, -0.1) is 0 Å². The molecule has 0 aromatic rings. The molecule has 0 atom stereocenters. The Labute approximate surface area is 105 Å². The highest BCUT2D eigenvalue weighted by Gasteiger charge is 2.03. The predicted octanol–water partition coefficient (Wildman–Crippen LogP) is 0.207. The highest BCUT2D eigenvalue weighted by molar-refractivity contribution is 4.60. The van der Waals surface area contributed by atoms with Crippen molar-refractivity contribution in [3.63, 3.8) is 0 Å². The molecule has 0 aliphatic rings. The molecule has 0 bridgehead atoms. The Morgan fingerprint density at radius 3 is 2.12 bits per heavy atom. The Balaban J connectivity index is 3.53. The average molecular weight is 248 g/mol. The first-order chi connectivity index (χ1) is 8.35. The smallest absolute Gasteiger partial charge is 0.0589 e. The Kier molecular flexibility index (Phi) is 13.7. The Morgan fingerprint density at radius 1 is 0.765 bits per heavy atom. The zero-order chi connectivity index (χ0) is 12.8. The molecule has 0 unspecified atom stereocenters. The van der Waals surface area contributed by atoms with Gasteiger partial charge in [-0.2, -0.15) is 0 Å². The van der Waals surface area contributed by atoms with E-state index in [-0.39, 0.29) is 0 Å². The molecular weight excluding hydrogens is 220 g/mol. The Bertz CT molecular complexity index is 148. The summed E-state index contributed by atoms with van der Waals surface area (Å²) in [5.74, 6) is 0. The summed E-state index contributed by atoms with van der Waals surface area (Å²) in [5, 5.41) is 3.34. The van der Waals surface area contributed by atoms with Crippen molar-refractivity contribution < 1.29 is 14.2 Å². The predicted molar refractivity (Wildman–Crippen MR) is 69.6 cm³/mol. The normalized spacial score (nSPS) is 11.3. The molecule has 0 radical (unpaired) electrons. The largest absolute Gasteiger partial charge is 0.385 e. The van der Waals surface area contributed by atoms with Gasteiger partial charge in [-0.3, -0.25) is 4.90 Å². The molecule has 5 nitrogen and oxygen atoms in total. The summed E-state index contributed by atoms with van der Waals surface area (Å²) >= 11 is 0. The van der Waals surface area contributed by atoms with Crippen molar-refractivity contribution in [1.29, 1.82) is 0 Å². The fraction of sp³-hybridized carbons (Fsp3) is 1.00. The summed E-state index contributed by atoms with van der Waals surface area (Å²) in [5.41, 5.74) is 0. The van der Waals surface area contributed by atoms with Crippen LogP contribution in [0, 0.1) is 0 Å². The van der Waals surface area contributed by atoms with Gasteiger partial charge in [-0.25, -0.2) is 0 Å². The number of hydrogen-bond acceptors (Lipinski definition) is 5. The zero-order valence-corrected chi connectivity index (χ0v) is 11.5. The van der Waals surface area contributed by atoms with Crippen LogP contribution in [0.25, 0.3) is 0 Å². The summed E-state index contributed by atoms with van der Waals surface area (Å²) in [7, 11) is 5.20. The van der Waals surface area contributed by atoms with E-state index in [2.05, 4.69) is 10.2 Å². The maximum absolute atomic E-state index is 5.11. The van der Waals surface area contributed by atoms with Crippen molar-refractivity contribution in [2.45, 2.75) is 6.42 Å². The molecule has 0 spiro atoms. The van der Waals surface area contributed by atoms with Crippen LogP contribution in [0.2, 0.25) is 0 Å². The fourth-order valence-electron chi connectivity index (χ4n) is 1.52. The van der Waals surface area contributed by atoms with E-state index in [0.717, 1.165) is 59.0 Å². The molecule has 1 N–H and O–H groups in total. The SMILES string of the molecule is COCCCN(CCNCCOC)CCOC. The minimum absolute atomic E-state index is 0.766. The molecule has 0 heterocycles. The van der Waals surface area contributed by atoms with Crippen molar-refractivity contribution in [2.75, 3.05) is 73.9 Å². The van der Waals surface area contributed by atoms with Gasteiger partial charge in [0, 0.05) is 60.7 Å². The minimum atomic E-state index is 0.766. The summed E-state index contributed by atoms with van der Waals surface area (Å²) in [6, 6.07) is 0. The summed E-state index contributed by atoms with van der Waals surface area (Å²) in [6.07, 6.45) is 1.07. The highest BCUT2D eigenvalue weighted by Crippen LogP contribution is 1.92. The topological polar surface area (TPSA) is 43.0 Å². The zero-order valence-electron chi connectivity index (χ0n) is 11.5. The van der Waals surface area contributed by atoms with Crippen LogP contribution >= 0.6 is 0 Å². The van der Waals surface area contributed by atoms with Crippen LogP contribution in [-0.2, 0) is 14.2 Å². The van der Waals surface area contributed by atoms with Gasteiger partial charge in [0.25, 0.3) is 0 Å². The number of hydrogen-bond donors (Lipinski definition) is 1. The van der Waals surface area contributed by atoms with Crippen molar-refractivity contribution in [2.24, 2.45) is 0 Å². The molecule has 0 aliphatic carbocycles. The first-order valence-electron chi connectivity index (χ1n) is 6.25. The molecule has 0 rings (SSSR count). The Hall–Kier alpha value is -0.200. The molecule has 0 aromatic carbocycles. The van der Waals surface area contributed by atoms with E-state index in [0.29, 0.717) is 0 Å². The number of nitrogens with zero attached hydrogens (tertiary/aromatic N) is 1. The van der Waals surface area contributed by atoms with Gasteiger partial charge in [-0.1, -0.05) is 0 Å². The van der Waals surface area contributed by atoms with Gasteiger partial charge in [0.2, 0.25) is 0 Å². The first kappa shape index (κ1) is 16.8. The van der Waals surface area contributed by atoms with Gasteiger partial charge >= 0.3 is 0 Å². The second kappa shape index (κ2) is 13.9. The van der Waals surface area contributed by atoms with Crippen molar-refractivity contribution in [3.8, 4) is 0 Å². The third kappa shape index (κ3) is 12.1. The molecule has 0 fully saturated rings. The first-order valence-corrected chi connectivity index (χ1v) is 6.25. The molecule has 0 aliphatic heterocycles. The van der Waals surface area contributed by atoms with Crippen LogP contribution in [0.3, 0.4) is 0 Å². The van der Waals surface area contributed by atoms with Crippen LogP contribution in [0.5, 0.6) is 0 Å². The van der Waals surface area contributed by atoms with Crippen LogP contribution < -0.4 is 5.32 Å². The summed E-state index contributed by atoms with van der Waals surface area (Å²) in [6.45, 7) is 7.34. The van der Waals surface area contributed by atoms with Crippen LogP contribution in [0.1, 0.15) is 6.42 Å². The third-order valence-corrected chi connectivity index (χ3v) is 2.52. The maximum atomic E-state index is 5.11. The molecule has 17 heavy (non-hydrogen) atoms. The van der Waals surface area contributed by atoms with E-state index >= 15 is 0 Å². The molecule has 0 saturated carbocycles. The number of nitrogens with one attached hydrogen (secondary N) is 1. The van der Waals surface area contributed by atoms with E-state index < -0.39 is 0 Å². The van der Waals surface area contributed by atoms with Crippen molar-refractivity contribution in [1.82, 2.24) is 10.2 Å². The second-order valence-corrected chi connectivity index (χ2v) is 3.92. The lowest BCUT2D eigenvalue weighted by molar-refractivity contribution is 0.132. The van der Waals surface area contributed by atoms with Gasteiger partial charge in [0.1, 0.15) is 0 Å². The number of rotatable bonds is 13. The van der Waals surface area contributed by atoms with E-state index in [4.69, 9.17) is 14.2 Å². The van der Waals surface area contributed by atoms with E-state index in [1.807, 2.05) is 0 Å². The quantitative estimate of drug-likeness (QED) is 0.472. The van der Waals surface area contributed by atoms with E-state index in [1.165, 1.54) is 0 Å². The maximum Gasteiger partial charge on any atom is 0.0589 e. The van der Waals surface area contributed by atoms with Gasteiger partial charge in [0.05, 0.1) is 13.2 Å². The lowest BCUT2D eigenvalue weighted by atomic mass is 10.3. The van der Waals surface area contributed by atoms with E-state index in [1.54, 1.807) is 21.3 Å². The highest BCUT2D eigenvalue weighted by atomic mass is 16.5. The van der Waals surface area contributed by atoms with Crippen LogP contribution in [0.15, 0.2) is 0 Å². The average Bonchev–Trinajstić information content (AvgIpc) is 2.35. The van der Waals surface area contributed by atoms with Crippen LogP contribution in [0.4, 0.5) is 0 Å². The van der Waals surface area contributed by atoms with Crippen molar-refractivity contribution >= 4 is 0 Å². The fourth-order valence-corrected chi connectivity index (χ4v) is 1.52. The monoisotopic (exact) mass is 248 g/mol. The summed E-state index contributed by atoms with van der Waals surface area (Å²) in [4.78, 5) is 2.39. The van der Waals surface area contributed by atoms with Crippen LogP contribution in [-0.4, -0.2) is 78.8 Å². The number of methoxy groups -OCH3 is 3. The van der Waals surface area contributed by atoms with Gasteiger partial charge in [0.15, 0.2) is 0 Å². The lowest BCUT2D eigenvalue weighted by Crippen LogP contribution is -2.36. The standard InChI is InChI=1S/C12H28N2O3/c1-15-10-4-7-14(9-12-17-3)8-5-13-6-11-16-2/h13H,4-12H2,1-3H3.